The maximum Gasteiger partial charge on any atom is 0.159 e. The van der Waals surface area contributed by atoms with Crippen molar-refractivity contribution in [3.05, 3.63) is 45.2 Å². The summed E-state index contributed by atoms with van der Waals surface area (Å²) in [5.74, 6) is 1.07. The molecule has 1 aromatic heterocycles. The lowest BCUT2D eigenvalue weighted by atomic mass is 9.99. The zero-order valence-corrected chi connectivity index (χ0v) is 14.0. The molecular weight excluding hydrogens is 305 g/mol. The van der Waals surface area contributed by atoms with Crippen LogP contribution in [0.5, 0.6) is 0 Å². The molecule has 0 fully saturated rings. The molecule has 1 heterocycles. The Labute approximate surface area is 135 Å². The zero-order chi connectivity index (χ0) is 15.6. The van der Waals surface area contributed by atoms with Crippen molar-refractivity contribution in [3.8, 4) is 11.4 Å². The van der Waals surface area contributed by atoms with E-state index in [9.17, 15) is 0 Å². The van der Waals surface area contributed by atoms with Crippen LogP contribution in [0.2, 0.25) is 10.0 Å². The lowest BCUT2D eigenvalue weighted by Gasteiger charge is -2.14. The summed E-state index contributed by atoms with van der Waals surface area (Å²) in [4.78, 5) is 9.21. The molecular formula is C16H19Cl2N3. The largest absolute Gasteiger partial charge is 0.330 e. The Morgan fingerprint density at radius 1 is 1.05 bits per heavy atom. The summed E-state index contributed by atoms with van der Waals surface area (Å²) in [7, 11) is 0. The number of aryl methyl sites for hydroxylation is 2. The average Bonchev–Trinajstić information content (AvgIpc) is 2.41. The summed E-state index contributed by atoms with van der Waals surface area (Å²) in [6.07, 6.45) is 0.894. The normalized spacial score (nSPS) is 12.5. The Bertz CT molecular complexity index is 613. The second-order valence-corrected chi connectivity index (χ2v) is 6.27. The van der Waals surface area contributed by atoms with E-state index in [1.54, 1.807) is 6.07 Å². The minimum Gasteiger partial charge on any atom is -0.330 e. The van der Waals surface area contributed by atoms with Gasteiger partial charge in [0.1, 0.15) is 0 Å². The standard InChI is InChI=1S/C16H19Cl2N3/c1-9(8-19)4-15-10(2)20-16(21-11(15)3)12-5-13(17)7-14(18)6-12/h5-7,9H,4,8,19H2,1-3H3. The highest BCUT2D eigenvalue weighted by atomic mass is 35.5. The number of benzene rings is 1. The molecule has 0 saturated heterocycles. The van der Waals surface area contributed by atoms with E-state index >= 15 is 0 Å². The van der Waals surface area contributed by atoms with E-state index in [2.05, 4.69) is 16.9 Å². The minimum atomic E-state index is 0.414. The van der Waals surface area contributed by atoms with E-state index in [1.165, 1.54) is 5.56 Å². The summed E-state index contributed by atoms with van der Waals surface area (Å²) in [5.41, 5.74) is 9.67. The predicted molar refractivity (Wildman–Crippen MR) is 88.9 cm³/mol. The second-order valence-electron chi connectivity index (χ2n) is 5.40. The van der Waals surface area contributed by atoms with Crippen LogP contribution in [-0.4, -0.2) is 16.5 Å². The number of nitrogens with zero attached hydrogens (tertiary/aromatic N) is 2. The summed E-state index contributed by atoms with van der Waals surface area (Å²) in [6.45, 7) is 6.79. The maximum atomic E-state index is 6.04. The lowest BCUT2D eigenvalue weighted by molar-refractivity contribution is 0.586. The van der Waals surface area contributed by atoms with Crippen molar-refractivity contribution in [2.24, 2.45) is 11.7 Å². The van der Waals surface area contributed by atoms with Crippen LogP contribution in [0.4, 0.5) is 0 Å². The van der Waals surface area contributed by atoms with E-state index in [1.807, 2.05) is 26.0 Å². The summed E-state index contributed by atoms with van der Waals surface area (Å²) >= 11 is 12.1. The van der Waals surface area contributed by atoms with E-state index in [0.29, 0.717) is 28.3 Å². The highest BCUT2D eigenvalue weighted by molar-refractivity contribution is 6.35. The van der Waals surface area contributed by atoms with Crippen LogP contribution in [0.3, 0.4) is 0 Å². The molecule has 21 heavy (non-hydrogen) atoms. The highest BCUT2D eigenvalue weighted by Gasteiger charge is 2.13. The van der Waals surface area contributed by atoms with E-state index < -0.39 is 0 Å². The van der Waals surface area contributed by atoms with Gasteiger partial charge in [0.05, 0.1) is 0 Å². The molecule has 112 valence electrons. The molecule has 3 nitrogen and oxygen atoms in total. The molecule has 0 aliphatic rings. The molecule has 2 N–H and O–H groups in total. The third kappa shape index (κ3) is 3.94. The molecule has 2 aromatic rings. The SMILES string of the molecule is Cc1nc(-c2cc(Cl)cc(Cl)c2)nc(C)c1CC(C)CN. The third-order valence-electron chi connectivity index (χ3n) is 3.50. The summed E-state index contributed by atoms with van der Waals surface area (Å²) < 4.78 is 0. The first kappa shape index (κ1) is 16.2. The van der Waals surface area contributed by atoms with Gasteiger partial charge in [-0.1, -0.05) is 30.1 Å². The fourth-order valence-corrected chi connectivity index (χ4v) is 2.80. The van der Waals surface area contributed by atoms with Gasteiger partial charge >= 0.3 is 0 Å². The number of hydrogen-bond acceptors (Lipinski definition) is 3. The van der Waals surface area contributed by atoms with Gasteiger partial charge in [0.15, 0.2) is 5.82 Å². The monoisotopic (exact) mass is 323 g/mol. The number of nitrogens with two attached hydrogens (primary N) is 1. The van der Waals surface area contributed by atoms with Gasteiger partial charge in [0, 0.05) is 27.0 Å². The molecule has 0 aliphatic heterocycles. The first-order chi connectivity index (χ1) is 9.90. The number of hydrogen-bond donors (Lipinski definition) is 1. The van der Waals surface area contributed by atoms with E-state index in [0.717, 1.165) is 23.4 Å². The molecule has 0 amide bonds. The summed E-state index contributed by atoms with van der Waals surface area (Å²) in [5, 5.41) is 1.16. The van der Waals surface area contributed by atoms with Gasteiger partial charge in [-0.25, -0.2) is 9.97 Å². The van der Waals surface area contributed by atoms with Crippen LogP contribution in [0.1, 0.15) is 23.9 Å². The molecule has 1 aromatic carbocycles. The van der Waals surface area contributed by atoms with Gasteiger partial charge in [-0.3, -0.25) is 0 Å². The Kier molecular flexibility index (Phi) is 5.20. The van der Waals surface area contributed by atoms with Crippen LogP contribution < -0.4 is 5.73 Å². The van der Waals surface area contributed by atoms with E-state index in [-0.39, 0.29) is 0 Å². The average molecular weight is 324 g/mol. The first-order valence-corrected chi connectivity index (χ1v) is 7.67. The van der Waals surface area contributed by atoms with Gasteiger partial charge in [-0.15, -0.1) is 0 Å². The maximum absolute atomic E-state index is 6.04. The molecule has 1 atom stereocenters. The Balaban J connectivity index is 2.43. The van der Waals surface area contributed by atoms with Crippen molar-refractivity contribution in [2.45, 2.75) is 27.2 Å². The molecule has 1 unspecified atom stereocenters. The minimum absolute atomic E-state index is 0.414. The highest BCUT2D eigenvalue weighted by Crippen LogP contribution is 2.26. The Hall–Kier alpha value is -1.16. The molecule has 0 radical (unpaired) electrons. The Morgan fingerprint density at radius 2 is 1.57 bits per heavy atom. The van der Waals surface area contributed by atoms with Gasteiger partial charge < -0.3 is 5.73 Å². The lowest BCUT2D eigenvalue weighted by Crippen LogP contribution is -2.15. The van der Waals surface area contributed by atoms with Crippen molar-refractivity contribution in [1.82, 2.24) is 9.97 Å². The molecule has 2 rings (SSSR count). The van der Waals surface area contributed by atoms with Crippen molar-refractivity contribution in [1.29, 1.82) is 0 Å². The zero-order valence-electron chi connectivity index (χ0n) is 12.5. The first-order valence-electron chi connectivity index (χ1n) is 6.91. The molecule has 0 spiro atoms. The predicted octanol–water partition coefficient (Wildman–Crippen LogP) is 4.20. The van der Waals surface area contributed by atoms with Crippen LogP contribution >= 0.6 is 23.2 Å². The second kappa shape index (κ2) is 6.73. The van der Waals surface area contributed by atoms with Crippen LogP contribution in [-0.2, 0) is 6.42 Å². The molecule has 0 bridgehead atoms. The van der Waals surface area contributed by atoms with Crippen molar-refractivity contribution >= 4 is 23.2 Å². The smallest absolute Gasteiger partial charge is 0.159 e. The van der Waals surface area contributed by atoms with Crippen LogP contribution in [0.25, 0.3) is 11.4 Å². The number of aromatic nitrogens is 2. The van der Waals surface area contributed by atoms with Gasteiger partial charge in [-0.05, 0) is 56.5 Å². The van der Waals surface area contributed by atoms with Gasteiger partial charge in [0.2, 0.25) is 0 Å². The molecule has 0 aliphatic carbocycles. The third-order valence-corrected chi connectivity index (χ3v) is 3.93. The Morgan fingerprint density at radius 3 is 2.05 bits per heavy atom. The number of halogens is 2. The van der Waals surface area contributed by atoms with Gasteiger partial charge in [0.25, 0.3) is 0 Å². The van der Waals surface area contributed by atoms with E-state index in [4.69, 9.17) is 28.9 Å². The van der Waals surface area contributed by atoms with Crippen LogP contribution in [0.15, 0.2) is 18.2 Å². The van der Waals surface area contributed by atoms with Crippen molar-refractivity contribution < 1.29 is 0 Å². The topological polar surface area (TPSA) is 51.8 Å². The molecule has 5 heteroatoms. The van der Waals surface area contributed by atoms with Crippen molar-refractivity contribution in [2.75, 3.05) is 6.54 Å². The fraction of sp³-hybridized carbons (Fsp3) is 0.375. The fourth-order valence-electron chi connectivity index (χ4n) is 2.28. The van der Waals surface area contributed by atoms with Crippen LogP contribution in [0, 0.1) is 19.8 Å². The number of rotatable bonds is 4. The molecule has 0 saturated carbocycles. The summed E-state index contributed by atoms with van der Waals surface area (Å²) in [6, 6.07) is 5.34. The van der Waals surface area contributed by atoms with Gasteiger partial charge in [-0.2, -0.15) is 0 Å². The quantitative estimate of drug-likeness (QED) is 0.917. The van der Waals surface area contributed by atoms with Crippen molar-refractivity contribution in [3.63, 3.8) is 0 Å².